The van der Waals surface area contributed by atoms with E-state index in [4.69, 9.17) is 9.47 Å². The Labute approximate surface area is 115 Å². The Kier molecular flexibility index (Phi) is 4.66. The van der Waals surface area contributed by atoms with Gasteiger partial charge in [-0.1, -0.05) is 6.07 Å². The monoisotopic (exact) mass is 264 g/mol. The third-order valence-electron chi connectivity index (χ3n) is 3.86. The lowest BCUT2D eigenvalue weighted by molar-refractivity contribution is 0.217. The van der Waals surface area contributed by atoms with Crippen molar-refractivity contribution in [3.63, 3.8) is 0 Å². The summed E-state index contributed by atoms with van der Waals surface area (Å²) in [6.45, 7) is 2.17. The zero-order valence-corrected chi connectivity index (χ0v) is 12.3. The molecule has 1 N–H and O–H groups in total. The highest BCUT2D eigenvalue weighted by molar-refractivity contribution is 5.43. The Bertz CT molecular complexity index is 415. The topological polar surface area (TPSA) is 33.7 Å². The predicted octanol–water partition coefficient (Wildman–Crippen LogP) is 1.92. The molecule has 0 saturated carbocycles. The number of rotatable bonds is 5. The molecule has 1 saturated heterocycles. The molecule has 0 aromatic heterocycles. The van der Waals surface area contributed by atoms with Crippen LogP contribution in [0.5, 0.6) is 11.5 Å². The Hall–Kier alpha value is -1.26. The van der Waals surface area contributed by atoms with Crippen LogP contribution in [-0.2, 0) is 0 Å². The van der Waals surface area contributed by atoms with Crippen molar-refractivity contribution >= 4 is 0 Å². The highest BCUT2D eigenvalue weighted by atomic mass is 16.5. The lowest BCUT2D eigenvalue weighted by Gasteiger charge is -2.31. The number of nitrogens with one attached hydrogen (secondary N) is 1. The van der Waals surface area contributed by atoms with Gasteiger partial charge in [0.05, 0.1) is 14.2 Å². The summed E-state index contributed by atoms with van der Waals surface area (Å²) in [5.41, 5.74) is 1.24. The number of hydrogen-bond donors (Lipinski definition) is 1. The maximum Gasteiger partial charge on any atom is 0.127 e. The first kappa shape index (κ1) is 14.2. The molecule has 0 amide bonds. The van der Waals surface area contributed by atoms with Crippen LogP contribution < -0.4 is 14.8 Å². The zero-order chi connectivity index (χ0) is 13.8. The summed E-state index contributed by atoms with van der Waals surface area (Å²) in [4.78, 5) is 2.28. The molecule has 1 fully saturated rings. The van der Waals surface area contributed by atoms with Gasteiger partial charge >= 0.3 is 0 Å². The fraction of sp³-hybridized carbons (Fsp3) is 0.600. The van der Waals surface area contributed by atoms with Gasteiger partial charge in [0.25, 0.3) is 0 Å². The molecule has 0 spiro atoms. The van der Waals surface area contributed by atoms with E-state index in [1.165, 1.54) is 12.0 Å². The van der Waals surface area contributed by atoms with Gasteiger partial charge < -0.3 is 19.7 Å². The van der Waals surface area contributed by atoms with Crippen molar-refractivity contribution in [2.45, 2.75) is 12.5 Å². The van der Waals surface area contributed by atoms with Crippen LogP contribution in [0.1, 0.15) is 18.0 Å². The fourth-order valence-electron chi connectivity index (χ4n) is 2.96. The molecule has 0 bridgehead atoms. The molecule has 2 rings (SSSR count). The molecule has 1 aromatic carbocycles. The minimum absolute atomic E-state index is 0.371. The number of methoxy groups -OCH3 is 2. The molecular weight excluding hydrogens is 240 g/mol. The molecule has 1 aromatic rings. The van der Waals surface area contributed by atoms with Crippen LogP contribution in [0.4, 0.5) is 0 Å². The third kappa shape index (κ3) is 3.01. The normalized spacial score (nSPS) is 20.6. The van der Waals surface area contributed by atoms with E-state index >= 15 is 0 Å². The Balaban J connectivity index is 2.35. The van der Waals surface area contributed by atoms with Crippen molar-refractivity contribution in [3.8, 4) is 11.5 Å². The lowest BCUT2D eigenvalue weighted by atomic mass is 9.90. The van der Waals surface area contributed by atoms with E-state index in [2.05, 4.69) is 30.4 Å². The van der Waals surface area contributed by atoms with Gasteiger partial charge in [0.15, 0.2) is 0 Å². The highest BCUT2D eigenvalue weighted by Crippen LogP contribution is 2.37. The lowest BCUT2D eigenvalue weighted by Crippen LogP contribution is -2.29. The van der Waals surface area contributed by atoms with Gasteiger partial charge in [0.2, 0.25) is 0 Å². The average molecular weight is 264 g/mol. The second-order valence-electron chi connectivity index (χ2n) is 5.27. The first-order chi connectivity index (χ1) is 9.17. The molecule has 4 nitrogen and oxygen atoms in total. The minimum Gasteiger partial charge on any atom is -0.497 e. The van der Waals surface area contributed by atoms with E-state index in [9.17, 15) is 0 Å². The molecular formula is C15H24N2O2. The number of benzene rings is 1. The minimum atomic E-state index is 0.371. The number of hydrogen-bond acceptors (Lipinski definition) is 4. The third-order valence-corrected chi connectivity index (χ3v) is 3.86. The summed E-state index contributed by atoms with van der Waals surface area (Å²) >= 11 is 0. The Morgan fingerprint density at radius 3 is 2.58 bits per heavy atom. The quantitative estimate of drug-likeness (QED) is 0.881. The Morgan fingerprint density at radius 1 is 1.26 bits per heavy atom. The van der Waals surface area contributed by atoms with Crippen LogP contribution in [0.2, 0.25) is 0 Å². The molecule has 0 radical (unpaired) electrons. The maximum absolute atomic E-state index is 5.55. The van der Waals surface area contributed by atoms with E-state index in [1.807, 2.05) is 12.1 Å². The summed E-state index contributed by atoms with van der Waals surface area (Å²) in [5, 5.41) is 3.45. The van der Waals surface area contributed by atoms with Crippen LogP contribution in [-0.4, -0.2) is 46.3 Å². The summed E-state index contributed by atoms with van der Waals surface area (Å²) in [6.07, 6.45) is 1.21. The molecule has 106 valence electrons. The molecule has 2 unspecified atom stereocenters. The van der Waals surface area contributed by atoms with Gasteiger partial charge in [-0.15, -0.1) is 0 Å². The van der Waals surface area contributed by atoms with Crippen LogP contribution in [0, 0.1) is 5.92 Å². The fourth-order valence-corrected chi connectivity index (χ4v) is 2.96. The van der Waals surface area contributed by atoms with E-state index in [0.29, 0.717) is 12.0 Å². The summed E-state index contributed by atoms with van der Waals surface area (Å²) in [7, 11) is 7.66. The van der Waals surface area contributed by atoms with Crippen molar-refractivity contribution in [1.29, 1.82) is 0 Å². The van der Waals surface area contributed by atoms with Crippen molar-refractivity contribution < 1.29 is 9.47 Å². The smallest absolute Gasteiger partial charge is 0.127 e. The summed E-state index contributed by atoms with van der Waals surface area (Å²) < 4.78 is 10.8. The van der Waals surface area contributed by atoms with Gasteiger partial charge in [0.1, 0.15) is 11.5 Å². The molecule has 2 atom stereocenters. The van der Waals surface area contributed by atoms with Crippen LogP contribution in [0.3, 0.4) is 0 Å². The standard InChI is InChI=1S/C15H24N2O2/c1-17(2)15(11-7-8-16-10-11)13-6-5-12(18-3)9-14(13)19-4/h5-6,9,11,15-16H,7-8,10H2,1-4H3. The summed E-state index contributed by atoms with van der Waals surface area (Å²) in [6, 6.07) is 6.47. The SMILES string of the molecule is COc1ccc(C(C2CCNC2)N(C)C)c(OC)c1. The average Bonchev–Trinajstić information content (AvgIpc) is 2.92. The molecule has 19 heavy (non-hydrogen) atoms. The van der Waals surface area contributed by atoms with Crippen LogP contribution in [0.25, 0.3) is 0 Å². The largest absolute Gasteiger partial charge is 0.497 e. The second kappa shape index (κ2) is 6.26. The molecule has 1 aliphatic heterocycles. The first-order valence-electron chi connectivity index (χ1n) is 6.76. The van der Waals surface area contributed by atoms with Gasteiger partial charge in [-0.25, -0.2) is 0 Å². The van der Waals surface area contributed by atoms with E-state index in [-0.39, 0.29) is 0 Å². The van der Waals surface area contributed by atoms with Gasteiger partial charge in [0, 0.05) is 17.7 Å². The van der Waals surface area contributed by atoms with Crippen molar-refractivity contribution in [2.75, 3.05) is 41.4 Å². The van der Waals surface area contributed by atoms with E-state index in [0.717, 1.165) is 24.6 Å². The van der Waals surface area contributed by atoms with Crippen LogP contribution in [0.15, 0.2) is 18.2 Å². The number of ether oxygens (including phenoxy) is 2. The van der Waals surface area contributed by atoms with Crippen molar-refractivity contribution in [2.24, 2.45) is 5.92 Å². The van der Waals surface area contributed by atoms with E-state index in [1.54, 1.807) is 14.2 Å². The molecule has 1 heterocycles. The Morgan fingerprint density at radius 2 is 2.05 bits per heavy atom. The first-order valence-corrected chi connectivity index (χ1v) is 6.76. The zero-order valence-electron chi connectivity index (χ0n) is 12.3. The highest BCUT2D eigenvalue weighted by Gasteiger charge is 2.30. The maximum atomic E-state index is 5.55. The van der Waals surface area contributed by atoms with Gasteiger partial charge in [-0.05, 0) is 45.6 Å². The van der Waals surface area contributed by atoms with Crippen LogP contribution >= 0.6 is 0 Å². The van der Waals surface area contributed by atoms with Crippen molar-refractivity contribution in [3.05, 3.63) is 23.8 Å². The second-order valence-corrected chi connectivity index (χ2v) is 5.27. The molecule has 1 aliphatic rings. The molecule has 0 aliphatic carbocycles. The molecule has 4 heteroatoms. The summed E-state index contributed by atoms with van der Waals surface area (Å²) in [5.74, 6) is 2.37. The van der Waals surface area contributed by atoms with Gasteiger partial charge in [-0.3, -0.25) is 0 Å². The van der Waals surface area contributed by atoms with Gasteiger partial charge in [-0.2, -0.15) is 0 Å². The van der Waals surface area contributed by atoms with E-state index < -0.39 is 0 Å². The number of nitrogens with zero attached hydrogens (tertiary/aromatic N) is 1. The predicted molar refractivity (Wildman–Crippen MR) is 77.0 cm³/mol. The van der Waals surface area contributed by atoms with Crippen molar-refractivity contribution in [1.82, 2.24) is 10.2 Å².